The third kappa shape index (κ3) is 4.36. The maximum Gasteiger partial charge on any atom is 0.224 e. The fraction of sp³-hybridized carbons (Fsp3) is 0.467. The zero-order chi connectivity index (χ0) is 15.9. The minimum absolute atomic E-state index is 0.00186. The number of aromatic nitrogens is 4. The molecule has 1 unspecified atom stereocenters. The van der Waals surface area contributed by atoms with Crippen LogP contribution in [0.25, 0.3) is 5.69 Å². The molecule has 7 heteroatoms. The van der Waals surface area contributed by atoms with Gasteiger partial charge in [-0.3, -0.25) is 4.79 Å². The Hall–Kier alpha value is -2.28. The van der Waals surface area contributed by atoms with Crippen molar-refractivity contribution in [3.05, 3.63) is 36.2 Å². The highest BCUT2D eigenvalue weighted by molar-refractivity contribution is 5.78. The number of hydrogen-bond acceptors (Lipinski definition) is 5. The molecule has 1 amide bonds. The van der Waals surface area contributed by atoms with E-state index in [1.807, 2.05) is 38.1 Å². The van der Waals surface area contributed by atoms with Crippen LogP contribution >= 0.6 is 0 Å². The predicted molar refractivity (Wildman–Crippen MR) is 81.3 cm³/mol. The number of hydrogen-bond donors (Lipinski definition) is 2. The fourth-order valence-electron chi connectivity index (χ4n) is 2.20. The minimum Gasteiger partial charge on any atom is -0.396 e. The Bertz CT molecular complexity index is 580. The van der Waals surface area contributed by atoms with Gasteiger partial charge in [-0.2, -0.15) is 0 Å². The summed E-state index contributed by atoms with van der Waals surface area (Å²) in [7, 11) is 0. The monoisotopic (exact) mass is 303 g/mol. The first kappa shape index (κ1) is 16.1. The van der Waals surface area contributed by atoms with E-state index in [1.54, 1.807) is 4.68 Å². The van der Waals surface area contributed by atoms with Crippen molar-refractivity contribution in [2.24, 2.45) is 5.92 Å². The summed E-state index contributed by atoms with van der Waals surface area (Å²) in [6.45, 7) is 4.13. The SMILES string of the molecule is CC(C)C(CCO)NC(=O)Cc1ccc(-n2cnnn2)cc1. The summed E-state index contributed by atoms with van der Waals surface area (Å²) in [5.41, 5.74) is 1.76. The molecule has 0 saturated heterocycles. The standard InChI is InChI=1S/C15H21N5O2/c1-11(2)14(7-8-21)17-15(22)9-12-3-5-13(6-4-12)20-10-16-18-19-20/h3-6,10-11,14,21H,7-9H2,1-2H3,(H,17,22). The summed E-state index contributed by atoms with van der Waals surface area (Å²) in [5.74, 6) is 0.251. The molecule has 0 fully saturated rings. The molecule has 0 bridgehead atoms. The normalized spacial score (nSPS) is 12.4. The number of carbonyl (C=O) groups is 1. The zero-order valence-corrected chi connectivity index (χ0v) is 12.8. The second-order valence-electron chi connectivity index (χ2n) is 5.53. The highest BCUT2D eigenvalue weighted by atomic mass is 16.3. The topological polar surface area (TPSA) is 92.9 Å². The summed E-state index contributed by atoms with van der Waals surface area (Å²) in [4.78, 5) is 12.1. The Morgan fingerprint density at radius 1 is 1.32 bits per heavy atom. The lowest BCUT2D eigenvalue weighted by Gasteiger charge is -2.21. The second kappa shape index (κ2) is 7.65. The molecule has 2 N–H and O–H groups in total. The van der Waals surface area contributed by atoms with Crippen LogP contribution < -0.4 is 5.32 Å². The lowest BCUT2D eigenvalue weighted by Crippen LogP contribution is -2.40. The van der Waals surface area contributed by atoms with E-state index in [9.17, 15) is 4.79 Å². The Labute approximate surface area is 129 Å². The molecule has 1 heterocycles. The Morgan fingerprint density at radius 2 is 2.05 bits per heavy atom. The van der Waals surface area contributed by atoms with Gasteiger partial charge in [0, 0.05) is 12.6 Å². The molecule has 0 aliphatic heterocycles. The van der Waals surface area contributed by atoms with Crippen LogP contribution in [0.3, 0.4) is 0 Å². The molecular formula is C15H21N5O2. The van der Waals surface area contributed by atoms with Crippen LogP contribution in [0.4, 0.5) is 0 Å². The van der Waals surface area contributed by atoms with Crippen LogP contribution in [0, 0.1) is 5.92 Å². The number of rotatable bonds is 7. The van der Waals surface area contributed by atoms with Gasteiger partial charge in [0.1, 0.15) is 6.33 Å². The molecule has 0 saturated carbocycles. The number of carbonyl (C=O) groups excluding carboxylic acids is 1. The lowest BCUT2D eigenvalue weighted by atomic mass is 10.0. The highest BCUT2D eigenvalue weighted by Crippen LogP contribution is 2.10. The van der Waals surface area contributed by atoms with Crippen molar-refractivity contribution in [1.29, 1.82) is 0 Å². The van der Waals surface area contributed by atoms with E-state index in [1.165, 1.54) is 6.33 Å². The quantitative estimate of drug-likeness (QED) is 0.786. The van der Waals surface area contributed by atoms with Gasteiger partial charge in [0.05, 0.1) is 12.1 Å². The fourth-order valence-corrected chi connectivity index (χ4v) is 2.20. The largest absolute Gasteiger partial charge is 0.396 e. The molecule has 1 aromatic heterocycles. The van der Waals surface area contributed by atoms with E-state index < -0.39 is 0 Å². The maximum absolute atomic E-state index is 12.1. The van der Waals surface area contributed by atoms with Gasteiger partial charge in [-0.25, -0.2) is 4.68 Å². The Morgan fingerprint density at radius 3 is 2.59 bits per heavy atom. The van der Waals surface area contributed by atoms with Gasteiger partial charge >= 0.3 is 0 Å². The molecule has 2 rings (SSSR count). The summed E-state index contributed by atoms with van der Waals surface area (Å²) >= 11 is 0. The molecule has 0 spiro atoms. The van der Waals surface area contributed by atoms with Crippen LogP contribution in [0.5, 0.6) is 0 Å². The average molecular weight is 303 g/mol. The van der Waals surface area contributed by atoms with Crippen molar-refractivity contribution in [3.8, 4) is 5.69 Å². The van der Waals surface area contributed by atoms with Crippen LogP contribution in [-0.2, 0) is 11.2 Å². The van der Waals surface area contributed by atoms with Gasteiger partial charge in [0.2, 0.25) is 5.91 Å². The van der Waals surface area contributed by atoms with Gasteiger partial charge in [0.15, 0.2) is 0 Å². The van der Waals surface area contributed by atoms with Gasteiger partial charge in [-0.1, -0.05) is 26.0 Å². The Kier molecular flexibility index (Phi) is 5.60. The van der Waals surface area contributed by atoms with E-state index in [0.717, 1.165) is 11.3 Å². The van der Waals surface area contributed by atoms with Crippen molar-refractivity contribution in [1.82, 2.24) is 25.5 Å². The van der Waals surface area contributed by atoms with E-state index in [0.29, 0.717) is 18.8 Å². The lowest BCUT2D eigenvalue weighted by molar-refractivity contribution is -0.121. The number of nitrogens with one attached hydrogen (secondary N) is 1. The third-order valence-electron chi connectivity index (χ3n) is 3.51. The van der Waals surface area contributed by atoms with Crippen LogP contribution in [0.2, 0.25) is 0 Å². The number of nitrogens with zero attached hydrogens (tertiary/aromatic N) is 4. The maximum atomic E-state index is 12.1. The van der Waals surface area contributed by atoms with Crippen molar-refractivity contribution in [2.45, 2.75) is 32.7 Å². The van der Waals surface area contributed by atoms with Crippen molar-refractivity contribution in [2.75, 3.05) is 6.61 Å². The number of benzene rings is 1. The summed E-state index contributed by atoms with van der Waals surface area (Å²) < 4.78 is 1.56. The summed E-state index contributed by atoms with van der Waals surface area (Å²) in [6, 6.07) is 7.50. The van der Waals surface area contributed by atoms with Crippen LogP contribution in [0.1, 0.15) is 25.8 Å². The van der Waals surface area contributed by atoms with Crippen molar-refractivity contribution < 1.29 is 9.90 Å². The first-order valence-corrected chi connectivity index (χ1v) is 7.32. The first-order valence-electron chi connectivity index (χ1n) is 7.32. The number of aliphatic hydroxyl groups excluding tert-OH is 1. The van der Waals surface area contributed by atoms with Gasteiger partial charge in [0.25, 0.3) is 0 Å². The minimum atomic E-state index is -0.0395. The molecule has 0 radical (unpaired) electrons. The smallest absolute Gasteiger partial charge is 0.224 e. The number of tetrazole rings is 1. The number of amides is 1. The molecule has 1 atom stereocenters. The second-order valence-corrected chi connectivity index (χ2v) is 5.53. The molecule has 118 valence electrons. The van der Waals surface area contributed by atoms with E-state index in [4.69, 9.17) is 5.11 Å². The molecule has 1 aromatic carbocycles. The van der Waals surface area contributed by atoms with Gasteiger partial charge in [-0.05, 0) is 40.5 Å². The Balaban J connectivity index is 1.94. The number of aliphatic hydroxyl groups is 1. The van der Waals surface area contributed by atoms with Crippen LogP contribution in [0.15, 0.2) is 30.6 Å². The molecular weight excluding hydrogens is 282 g/mol. The van der Waals surface area contributed by atoms with E-state index >= 15 is 0 Å². The van der Waals surface area contributed by atoms with Gasteiger partial charge in [-0.15, -0.1) is 5.10 Å². The van der Waals surface area contributed by atoms with Gasteiger partial charge < -0.3 is 10.4 Å². The third-order valence-corrected chi connectivity index (χ3v) is 3.51. The van der Waals surface area contributed by atoms with Crippen LogP contribution in [-0.4, -0.2) is 43.9 Å². The van der Waals surface area contributed by atoms with E-state index in [2.05, 4.69) is 20.8 Å². The molecule has 0 aliphatic rings. The van der Waals surface area contributed by atoms with Crippen molar-refractivity contribution in [3.63, 3.8) is 0 Å². The summed E-state index contributed by atoms with van der Waals surface area (Å²) in [5, 5.41) is 23.0. The zero-order valence-electron chi connectivity index (χ0n) is 12.8. The average Bonchev–Trinajstić information content (AvgIpc) is 3.01. The molecule has 7 nitrogen and oxygen atoms in total. The molecule has 0 aliphatic carbocycles. The molecule has 22 heavy (non-hydrogen) atoms. The summed E-state index contributed by atoms with van der Waals surface area (Å²) in [6.07, 6.45) is 2.40. The highest BCUT2D eigenvalue weighted by Gasteiger charge is 2.15. The van der Waals surface area contributed by atoms with Crippen molar-refractivity contribution >= 4 is 5.91 Å². The first-order chi connectivity index (χ1) is 10.6. The molecule has 2 aromatic rings. The predicted octanol–water partition coefficient (Wildman–Crippen LogP) is 0.728. The van der Waals surface area contributed by atoms with E-state index in [-0.39, 0.29) is 18.6 Å².